The third-order valence-electron chi connectivity index (χ3n) is 6.12. The largest absolute Gasteiger partial charge is 0.507 e. The first kappa shape index (κ1) is 23.7. The van der Waals surface area contributed by atoms with Crippen LogP contribution in [-0.2, 0) is 21.1 Å². The van der Waals surface area contributed by atoms with Gasteiger partial charge in [0.2, 0.25) is 0 Å². The van der Waals surface area contributed by atoms with Gasteiger partial charge in [-0.2, -0.15) is 0 Å². The molecule has 36 heavy (non-hydrogen) atoms. The van der Waals surface area contributed by atoms with Crippen molar-refractivity contribution in [2.24, 2.45) is 0 Å². The Morgan fingerprint density at radius 2 is 1.47 bits per heavy atom. The van der Waals surface area contributed by atoms with E-state index in [1.54, 1.807) is 6.07 Å². The van der Waals surface area contributed by atoms with Crippen LogP contribution in [0.25, 0.3) is 50.5 Å². The van der Waals surface area contributed by atoms with E-state index >= 15 is 0 Å². The summed E-state index contributed by atoms with van der Waals surface area (Å²) in [5, 5.41) is 10.7. The number of hydrogen-bond donors (Lipinski definition) is 1. The molecular formula is C31H22N3OPt-. The number of hydrogen-bond acceptors (Lipinski definition) is 3. The molecule has 0 atom stereocenters. The van der Waals surface area contributed by atoms with E-state index in [0.29, 0.717) is 11.4 Å². The van der Waals surface area contributed by atoms with Crippen LogP contribution >= 0.6 is 0 Å². The van der Waals surface area contributed by atoms with Gasteiger partial charge in [0.05, 0.1) is 16.6 Å². The van der Waals surface area contributed by atoms with Crippen LogP contribution < -0.4 is 0 Å². The monoisotopic (exact) mass is 647 g/mol. The van der Waals surface area contributed by atoms with Gasteiger partial charge in [0.25, 0.3) is 0 Å². The van der Waals surface area contributed by atoms with Crippen LogP contribution in [0.4, 0.5) is 0 Å². The van der Waals surface area contributed by atoms with Crippen LogP contribution in [0.1, 0.15) is 5.56 Å². The van der Waals surface area contributed by atoms with Crippen molar-refractivity contribution in [2.75, 3.05) is 0 Å². The predicted molar refractivity (Wildman–Crippen MR) is 140 cm³/mol. The summed E-state index contributed by atoms with van der Waals surface area (Å²) < 4.78 is 2.10. The number of phenolic OH excluding ortho intramolecular Hbond substituents is 1. The zero-order valence-electron chi connectivity index (χ0n) is 19.5. The van der Waals surface area contributed by atoms with E-state index in [1.807, 2.05) is 79.0 Å². The number of imidazole rings is 1. The van der Waals surface area contributed by atoms with Crippen LogP contribution in [0.5, 0.6) is 5.75 Å². The second-order valence-electron chi connectivity index (χ2n) is 8.49. The van der Waals surface area contributed by atoms with Crippen molar-refractivity contribution in [3.63, 3.8) is 0 Å². The summed E-state index contributed by atoms with van der Waals surface area (Å²) in [4.78, 5) is 9.62. The predicted octanol–water partition coefficient (Wildman–Crippen LogP) is 7.23. The summed E-state index contributed by atoms with van der Waals surface area (Å²) >= 11 is 0. The number of phenols is 1. The Bertz CT molecular complexity index is 1670. The topological polar surface area (TPSA) is 50.9 Å². The van der Waals surface area contributed by atoms with Crippen LogP contribution in [0.15, 0.2) is 109 Å². The molecule has 0 bridgehead atoms. The minimum atomic E-state index is 0. The van der Waals surface area contributed by atoms with Gasteiger partial charge >= 0.3 is 0 Å². The van der Waals surface area contributed by atoms with Crippen molar-refractivity contribution in [1.82, 2.24) is 14.5 Å². The number of aryl methyl sites for hydroxylation is 1. The number of aromatic nitrogens is 3. The molecule has 1 N–H and O–H groups in total. The fourth-order valence-electron chi connectivity index (χ4n) is 4.46. The molecule has 0 saturated heterocycles. The summed E-state index contributed by atoms with van der Waals surface area (Å²) in [6, 6.07) is 37.3. The van der Waals surface area contributed by atoms with E-state index in [4.69, 9.17) is 4.98 Å². The Morgan fingerprint density at radius 1 is 0.750 bits per heavy atom. The molecule has 178 valence electrons. The molecule has 0 spiro atoms. The smallest absolute Gasteiger partial charge is 0.148 e. The van der Waals surface area contributed by atoms with Gasteiger partial charge in [-0.05, 0) is 43.3 Å². The Balaban J connectivity index is 0.00000267. The van der Waals surface area contributed by atoms with Gasteiger partial charge in [0.15, 0.2) is 0 Å². The summed E-state index contributed by atoms with van der Waals surface area (Å²) in [5.74, 6) is 0.883. The first-order chi connectivity index (χ1) is 17.2. The van der Waals surface area contributed by atoms with Crippen molar-refractivity contribution >= 4 is 11.0 Å². The maximum absolute atomic E-state index is 10.7. The van der Waals surface area contributed by atoms with E-state index in [0.717, 1.165) is 44.7 Å². The van der Waals surface area contributed by atoms with Crippen molar-refractivity contribution in [3.05, 3.63) is 121 Å². The molecule has 0 saturated carbocycles. The summed E-state index contributed by atoms with van der Waals surface area (Å²) in [6.45, 7) is 2.06. The van der Waals surface area contributed by atoms with Gasteiger partial charge in [0, 0.05) is 38.6 Å². The Kier molecular flexibility index (Phi) is 6.54. The molecule has 0 aliphatic heterocycles. The number of fused-ring (bicyclic) bond motifs is 1. The first-order valence-electron chi connectivity index (χ1n) is 11.5. The quantitative estimate of drug-likeness (QED) is 0.206. The number of aromatic hydroxyl groups is 1. The van der Waals surface area contributed by atoms with E-state index < -0.39 is 0 Å². The van der Waals surface area contributed by atoms with Crippen LogP contribution in [0.3, 0.4) is 0 Å². The molecule has 4 aromatic carbocycles. The van der Waals surface area contributed by atoms with Gasteiger partial charge in [-0.1, -0.05) is 65.2 Å². The minimum Gasteiger partial charge on any atom is -0.507 e. The van der Waals surface area contributed by atoms with Gasteiger partial charge < -0.3 is 5.11 Å². The normalized spacial score (nSPS) is 10.8. The fraction of sp³-hybridized carbons (Fsp3) is 0.0323. The molecule has 6 aromatic rings. The van der Waals surface area contributed by atoms with Gasteiger partial charge in [-0.25, -0.2) is 4.98 Å². The van der Waals surface area contributed by atoms with Crippen molar-refractivity contribution < 1.29 is 26.2 Å². The molecule has 0 unspecified atom stereocenters. The molecular weight excluding hydrogens is 625 g/mol. The number of para-hydroxylation sites is 3. The molecule has 2 heterocycles. The van der Waals surface area contributed by atoms with Crippen LogP contribution in [0, 0.1) is 13.0 Å². The van der Waals surface area contributed by atoms with Gasteiger partial charge in [0.1, 0.15) is 11.6 Å². The Morgan fingerprint density at radius 3 is 2.28 bits per heavy atom. The second kappa shape index (κ2) is 9.93. The Hall–Kier alpha value is -4.01. The zero-order valence-corrected chi connectivity index (χ0v) is 21.8. The van der Waals surface area contributed by atoms with E-state index in [9.17, 15) is 5.11 Å². The molecule has 0 amide bonds. The number of nitrogens with zero attached hydrogens (tertiary/aromatic N) is 3. The average Bonchev–Trinajstić information content (AvgIpc) is 3.29. The van der Waals surface area contributed by atoms with Gasteiger partial charge in [-0.3, -0.25) is 9.55 Å². The van der Waals surface area contributed by atoms with E-state index in [2.05, 4.69) is 46.8 Å². The maximum atomic E-state index is 10.7. The molecule has 0 aliphatic carbocycles. The van der Waals surface area contributed by atoms with Crippen molar-refractivity contribution in [1.29, 1.82) is 0 Å². The maximum Gasteiger partial charge on any atom is 0.148 e. The molecule has 0 radical (unpaired) electrons. The summed E-state index contributed by atoms with van der Waals surface area (Å²) in [5.41, 5.74) is 8.37. The van der Waals surface area contributed by atoms with Crippen molar-refractivity contribution in [3.8, 4) is 45.2 Å². The first-order valence-corrected chi connectivity index (χ1v) is 11.5. The average molecular weight is 648 g/mol. The van der Waals surface area contributed by atoms with E-state index in [1.165, 1.54) is 0 Å². The third-order valence-corrected chi connectivity index (χ3v) is 6.12. The minimum absolute atomic E-state index is 0. The van der Waals surface area contributed by atoms with Crippen LogP contribution in [0.2, 0.25) is 0 Å². The van der Waals surface area contributed by atoms with Crippen LogP contribution in [-0.4, -0.2) is 19.6 Å². The number of pyridine rings is 1. The third kappa shape index (κ3) is 4.25. The Labute approximate surface area is 224 Å². The standard InChI is InChI=1S/C31H22N3O.Pt/c1-21-17-18-32-27(19-21)23-10-7-9-22(20-23)25-14-8-15-28-30(25)33-31(26-13-5-6-16-29(26)35)34(28)24-11-3-2-4-12-24;/h2-19,35H,1H3;/q-1;. The number of benzene rings is 4. The second-order valence-corrected chi connectivity index (χ2v) is 8.49. The van der Waals surface area contributed by atoms with Crippen molar-refractivity contribution in [2.45, 2.75) is 6.92 Å². The summed E-state index contributed by atoms with van der Waals surface area (Å²) in [7, 11) is 0. The molecule has 5 heteroatoms. The molecule has 0 fully saturated rings. The molecule has 6 rings (SSSR count). The molecule has 2 aromatic heterocycles. The molecule has 4 nitrogen and oxygen atoms in total. The van der Waals surface area contributed by atoms with Gasteiger partial charge in [-0.15, -0.1) is 29.8 Å². The zero-order chi connectivity index (χ0) is 23.8. The van der Waals surface area contributed by atoms with E-state index in [-0.39, 0.29) is 26.8 Å². The molecule has 0 aliphatic rings. The fourth-order valence-corrected chi connectivity index (χ4v) is 4.46. The SMILES string of the molecule is Cc1ccnc(-c2[c-]c(-c3cccc4c3nc(-c3ccccc3O)n4-c3ccccc3)ccc2)c1.[Pt]. The summed E-state index contributed by atoms with van der Waals surface area (Å²) in [6.07, 6.45) is 1.83. The number of rotatable bonds is 4.